The number of sulfonamides is 1. The molecular formula is C7H9F3N2O3S3. The summed E-state index contributed by atoms with van der Waals surface area (Å²) in [5.74, 6) is -0.429. The lowest BCUT2D eigenvalue weighted by Gasteiger charge is -2.07. The lowest BCUT2D eigenvalue weighted by molar-refractivity contribution is -0.0327. The smallest absolute Gasteiger partial charge is 0.315 e. The van der Waals surface area contributed by atoms with E-state index < -0.39 is 26.2 Å². The van der Waals surface area contributed by atoms with Gasteiger partial charge in [-0.3, -0.25) is 4.79 Å². The monoisotopic (exact) mass is 322 g/mol. The van der Waals surface area contributed by atoms with E-state index in [1.165, 1.54) is 6.92 Å². The quantitative estimate of drug-likeness (QED) is 0.800. The summed E-state index contributed by atoms with van der Waals surface area (Å²) in [6.07, 6.45) is 0. The van der Waals surface area contributed by atoms with Gasteiger partial charge in [-0.05, 0) is 18.7 Å². The largest absolute Gasteiger partial charge is 0.441 e. The lowest BCUT2D eigenvalue weighted by atomic mass is 10.6. The first kappa shape index (κ1) is 15.5. The van der Waals surface area contributed by atoms with Gasteiger partial charge < -0.3 is 4.98 Å². The molecule has 0 aromatic carbocycles. The molecule has 0 saturated heterocycles. The molecule has 0 amide bonds. The van der Waals surface area contributed by atoms with Crippen LogP contribution in [0.25, 0.3) is 0 Å². The number of rotatable bonds is 5. The molecule has 1 aromatic heterocycles. The first-order valence-electron chi connectivity index (χ1n) is 4.52. The third-order valence-electron chi connectivity index (χ3n) is 1.69. The maximum Gasteiger partial charge on any atom is 0.441 e. The predicted octanol–water partition coefficient (Wildman–Crippen LogP) is 1.28. The molecule has 18 heavy (non-hydrogen) atoms. The molecule has 0 fully saturated rings. The zero-order chi connectivity index (χ0) is 14.0. The Labute approximate surface area is 109 Å². The summed E-state index contributed by atoms with van der Waals surface area (Å²) < 4.78 is 60.5. The molecule has 0 aliphatic carbocycles. The third-order valence-corrected chi connectivity index (χ3v) is 5.49. The predicted molar refractivity (Wildman–Crippen MR) is 63.4 cm³/mol. The Balaban J connectivity index is 2.61. The third kappa shape index (κ3) is 4.63. The maximum absolute atomic E-state index is 11.8. The zero-order valence-corrected chi connectivity index (χ0v) is 11.4. The molecule has 0 aliphatic rings. The van der Waals surface area contributed by atoms with Gasteiger partial charge in [-0.1, -0.05) is 11.3 Å². The van der Waals surface area contributed by atoms with Gasteiger partial charge in [-0.25, -0.2) is 13.1 Å². The van der Waals surface area contributed by atoms with Gasteiger partial charge in [0.1, 0.15) is 0 Å². The van der Waals surface area contributed by atoms with Crippen LogP contribution in [0, 0.1) is 6.92 Å². The van der Waals surface area contributed by atoms with E-state index in [0.717, 1.165) is 0 Å². The molecule has 1 aromatic rings. The number of thiazole rings is 1. The Kier molecular flexibility index (Phi) is 4.86. The van der Waals surface area contributed by atoms with Crippen LogP contribution in [0.3, 0.4) is 0 Å². The molecule has 2 N–H and O–H groups in total. The van der Waals surface area contributed by atoms with Gasteiger partial charge in [0.2, 0.25) is 0 Å². The van der Waals surface area contributed by atoms with Crippen molar-refractivity contribution in [3.05, 3.63) is 15.4 Å². The molecule has 1 rings (SSSR count). The summed E-state index contributed by atoms with van der Waals surface area (Å²) in [7, 11) is -3.93. The van der Waals surface area contributed by atoms with Gasteiger partial charge in [-0.2, -0.15) is 13.2 Å². The van der Waals surface area contributed by atoms with E-state index in [2.05, 4.69) is 4.98 Å². The highest BCUT2D eigenvalue weighted by molar-refractivity contribution is 8.00. The number of alkyl halides is 3. The maximum atomic E-state index is 11.8. The van der Waals surface area contributed by atoms with E-state index in [4.69, 9.17) is 0 Å². The molecule has 0 aliphatic heterocycles. The van der Waals surface area contributed by atoms with E-state index in [1.54, 1.807) is 0 Å². The molecule has 5 nitrogen and oxygen atoms in total. The SMILES string of the molecule is Cc1[nH]c(=O)sc1S(=O)(=O)NCCSC(F)(F)F. The van der Waals surface area contributed by atoms with E-state index in [-0.39, 0.29) is 28.2 Å². The fraction of sp³-hybridized carbons (Fsp3) is 0.571. The Hall–Kier alpha value is -0.520. The van der Waals surface area contributed by atoms with Crippen molar-refractivity contribution < 1.29 is 21.6 Å². The average molecular weight is 322 g/mol. The zero-order valence-electron chi connectivity index (χ0n) is 9.00. The van der Waals surface area contributed by atoms with Crippen molar-refractivity contribution in [3.8, 4) is 0 Å². The minimum absolute atomic E-state index is 0.168. The van der Waals surface area contributed by atoms with Crippen LogP contribution in [-0.4, -0.2) is 31.2 Å². The summed E-state index contributed by atoms with van der Waals surface area (Å²) >= 11 is 0.180. The first-order chi connectivity index (χ1) is 8.12. The molecule has 0 spiro atoms. The van der Waals surface area contributed by atoms with Gasteiger partial charge in [0.15, 0.2) is 4.21 Å². The van der Waals surface area contributed by atoms with Crippen LogP contribution < -0.4 is 9.60 Å². The minimum atomic E-state index is -4.39. The summed E-state index contributed by atoms with van der Waals surface area (Å²) in [6, 6.07) is 0. The highest BCUT2D eigenvalue weighted by Gasteiger charge is 2.28. The molecule has 11 heteroatoms. The van der Waals surface area contributed by atoms with E-state index in [0.29, 0.717) is 11.3 Å². The van der Waals surface area contributed by atoms with Gasteiger partial charge in [0.25, 0.3) is 10.0 Å². The van der Waals surface area contributed by atoms with Gasteiger partial charge in [0, 0.05) is 18.0 Å². The van der Waals surface area contributed by atoms with E-state index >= 15 is 0 Å². The number of nitrogens with one attached hydrogen (secondary N) is 2. The fourth-order valence-electron chi connectivity index (χ4n) is 1.06. The average Bonchev–Trinajstić information content (AvgIpc) is 2.52. The molecule has 0 radical (unpaired) electrons. The molecule has 0 saturated carbocycles. The lowest BCUT2D eigenvalue weighted by Crippen LogP contribution is -2.26. The van der Waals surface area contributed by atoms with Gasteiger partial charge in [-0.15, -0.1) is 0 Å². The highest BCUT2D eigenvalue weighted by Crippen LogP contribution is 2.29. The highest BCUT2D eigenvalue weighted by atomic mass is 32.2. The van der Waals surface area contributed by atoms with Crippen molar-refractivity contribution in [2.45, 2.75) is 16.6 Å². The second-order valence-corrected chi connectivity index (χ2v) is 7.22. The number of H-pyrrole nitrogens is 1. The Morgan fingerprint density at radius 3 is 2.50 bits per heavy atom. The standard InChI is InChI=1S/C7H9F3N2O3S3/c1-4-5(17-6(13)12-4)18(14,15)11-2-3-16-7(8,9)10/h11H,2-3H2,1H3,(H,12,13). The Morgan fingerprint density at radius 1 is 1.44 bits per heavy atom. The minimum Gasteiger partial charge on any atom is -0.315 e. The second-order valence-electron chi connectivity index (χ2n) is 3.12. The van der Waals surface area contributed by atoms with E-state index in [1.807, 2.05) is 4.72 Å². The summed E-state index contributed by atoms with van der Waals surface area (Å²) in [5.41, 5.74) is -4.22. The summed E-state index contributed by atoms with van der Waals surface area (Å²) in [4.78, 5) is 12.7. The number of aromatic nitrogens is 1. The normalized spacial score (nSPS) is 12.9. The summed E-state index contributed by atoms with van der Waals surface area (Å²) in [6.45, 7) is 1.04. The van der Waals surface area contributed by atoms with Gasteiger partial charge in [0.05, 0.1) is 0 Å². The van der Waals surface area contributed by atoms with Crippen LogP contribution in [0.1, 0.15) is 5.69 Å². The van der Waals surface area contributed by atoms with Crippen LogP contribution in [0.2, 0.25) is 0 Å². The molecule has 0 bridgehead atoms. The van der Waals surface area contributed by atoms with Crippen molar-refractivity contribution >= 4 is 33.1 Å². The molecule has 0 unspecified atom stereocenters. The van der Waals surface area contributed by atoms with Crippen molar-refractivity contribution in [2.24, 2.45) is 0 Å². The Morgan fingerprint density at radius 2 is 2.06 bits per heavy atom. The van der Waals surface area contributed by atoms with Gasteiger partial charge >= 0.3 is 10.4 Å². The molecule has 1 heterocycles. The van der Waals surface area contributed by atoms with Crippen molar-refractivity contribution in [1.29, 1.82) is 0 Å². The van der Waals surface area contributed by atoms with Crippen LogP contribution in [0.4, 0.5) is 13.2 Å². The molecule has 104 valence electrons. The van der Waals surface area contributed by atoms with Crippen LogP contribution in [-0.2, 0) is 10.0 Å². The number of hydrogen-bond acceptors (Lipinski definition) is 5. The van der Waals surface area contributed by atoms with Crippen molar-refractivity contribution in [3.63, 3.8) is 0 Å². The van der Waals surface area contributed by atoms with E-state index in [9.17, 15) is 26.4 Å². The number of aryl methyl sites for hydroxylation is 1. The van der Waals surface area contributed by atoms with Crippen molar-refractivity contribution in [2.75, 3.05) is 12.3 Å². The molecular weight excluding hydrogens is 313 g/mol. The Bertz CT molecular complexity index is 560. The first-order valence-corrected chi connectivity index (χ1v) is 7.80. The van der Waals surface area contributed by atoms with Crippen LogP contribution in [0.15, 0.2) is 9.00 Å². The number of aromatic amines is 1. The summed E-state index contributed by atoms with van der Waals surface area (Å²) in [5, 5.41) is 0. The van der Waals surface area contributed by atoms with Crippen LogP contribution >= 0.6 is 23.1 Å². The fourth-order valence-corrected chi connectivity index (χ4v) is 4.00. The van der Waals surface area contributed by atoms with Crippen molar-refractivity contribution in [1.82, 2.24) is 9.71 Å². The number of hydrogen-bond donors (Lipinski definition) is 2. The number of halogens is 3. The second kappa shape index (κ2) is 5.63. The molecule has 0 atom stereocenters. The van der Waals surface area contributed by atoms with Crippen LogP contribution in [0.5, 0.6) is 0 Å². The topological polar surface area (TPSA) is 79.0 Å². The number of thioether (sulfide) groups is 1.